The largest absolute Gasteiger partial charge is 0.368 e. The van der Waals surface area contributed by atoms with Crippen LogP contribution in [0, 0.1) is 6.92 Å². The molecule has 5 heteroatoms. The van der Waals surface area contributed by atoms with Crippen molar-refractivity contribution < 1.29 is 0 Å². The molecule has 1 heterocycles. The predicted molar refractivity (Wildman–Crippen MR) is 89.2 cm³/mol. The summed E-state index contributed by atoms with van der Waals surface area (Å²) in [7, 11) is 0. The number of hydrogen-bond acceptors (Lipinski definition) is 4. The topological polar surface area (TPSA) is 41.1 Å². The van der Waals surface area contributed by atoms with Crippen LogP contribution in [0.1, 0.15) is 57.8 Å². The molecule has 0 unspecified atom stereocenters. The third-order valence-corrected chi connectivity index (χ3v) is 4.40. The number of rotatable bonds is 7. The highest BCUT2D eigenvalue weighted by Crippen LogP contribution is 2.39. The molecule has 0 aromatic carbocycles. The molecule has 1 aliphatic carbocycles. The fraction of sp³-hybridized carbons (Fsp3) is 0.750. The number of nitrogens with one attached hydrogen (secondary N) is 1. The molecule has 118 valence electrons. The average molecular weight is 311 g/mol. The van der Waals surface area contributed by atoms with E-state index in [0.717, 1.165) is 30.3 Å². The van der Waals surface area contributed by atoms with Crippen LogP contribution < -0.4 is 5.32 Å². The van der Waals surface area contributed by atoms with Gasteiger partial charge in [-0.15, -0.1) is 0 Å². The first-order valence-electron chi connectivity index (χ1n) is 7.93. The van der Waals surface area contributed by atoms with Gasteiger partial charge in [0.25, 0.3) is 0 Å². The van der Waals surface area contributed by atoms with Crippen molar-refractivity contribution in [2.75, 3.05) is 18.4 Å². The Balaban J connectivity index is 1.99. The maximum Gasteiger partial charge on any atom is 0.137 e. The van der Waals surface area contributed by atoms with E-state index in [0.29, 0.717) is 23.2 Å². The molecule has 1 fully saturated rings. The minimum absolute atomic E-state index is 0.520. The summed E-state index contributed by atoms with van der Waals surface area (Å²) in [6.45, 7) is 12.8. The Morgan fingerprint density at radius 1 is 1.19 bits per heavy atom. The van der Waals surface area contributed by atoms with Crippen molar-refractivity contribution in [3.63, 3.8) is 0 Å². The summed E-state index contributed by atoms with van der Waals surface area (Å²) in [5, 5.41) is 4.02. The quantitative estimate of drug-likeness (QED) is 0.777. The second-order valence-electron chi connectivity index (χ2n) is 6.47. The zero-order chi connectivity index (χ0) is 15.6. The van der Waals surface area contributed by atoms with Gasteiger partial charge in [-0.1, -0.05) is 11.6 Å². The smallest absolute Gasteiger partial charge is 0.137 e. The highest BCUT2D eigenvalue weighted by molar-refractivity contribution is 6.30. The van der Waals surface area contributed by atoms with Crippen molar-refractivity contribution in [1.29, 1.82) is 0 Å². The molecule has 0 radical (unpaired) electrons. The maximum atomic E-state index is 6.23. The Bertz CT molecular complexity index is 475. The number of aromatic nitrogens is 2. The Morgan fingerprint density at radius 3 is 2.33 bits per heavy atom. The molecular formula is C16H27ClN4. The van der Waals surface area contributed by atoms with Gasteiger partial charge in [-0.05, 0) is 47.5 Å². The first-order chi connectivity index (χ1) is 9.90. The number of halogens is 1. The highest BCUT2D eigenvalue weighted by Gasteiger charge is 2.28. The van der Waals surface area contributed by atoms with Crippen LogP contribution in [0.5, 0.6) is 0 Å². The summed E-state index contributed by atoms with van der Waals surface area (Å²) in [5.41, 5.74) is 0.946. The summed E-state index contributed by atoms with van der Waals surface area (Å²) in [4.78, 5) is 11.5. The van der Waals surface area contributed by atoms with Crippen molar-refractivity contribution >= 4 is 17.4 Å². The molecule has 1 aliphatic rings. The summed E-state index contributed by atoms with van der Waals surface area (Å²) in [6, 6.07) is 1.09. The molecule has 1 N–H and O–H groups in total. The van der Waals surface area contributed by atoms with E-state index in [9.17, 15) is 0 Å². The van der Waals surface area contributed by atoms with Crippen LogP contribution in [0.15, 0.2) is 0 Å². The van der Waals surface area contributed by atoms with E-state index in [1.165, 1.54) is 12.8 Å². The van der Waals surface area contributed by atoms with Gasteiger partial charge in [0.15, 0.2) is 0 Å². The standard InChI is InChI=1S/C16H27ClN4/c1-10(2)21(11(3)4)9-8-18-15-12(5)14(17)19-16(20-15)13-6-7-13/h10-11,13H,6-9H2,1-5H3,(H,18,19,20). The van der Waals surface area contributed by atoms with E-state index >= 15 is 0 Å². The molecule has 21 heavy (non-hydrogen) atoms. The minimum atomic E-state index is 0.520. The highest BCUT2D eigenvalue weighted by atomic mass is 35.5. The minimum Gasteiger partial charge on any atom is -0.368 e. The lowest BCUT2D eigenvalue weighted by Crippen LogP contribution is -2.40. The van der Waals surface area contributed by atoms with Crippen LogP contribution >= 0.6 is 11.6 Å². The Morgan fingerprint density at radius 2 is 1.81 bits per heavy atom. The normalized spacial score (nSPS) is 15.3. The molecular weight excluding hydrogens is 284 g/mol. The molecule has 0 aliphatic heterocycles. The van der Waals surface area contributed by atoms with Gasteiger partial charge < -0.3 is 5.32 Å². The van der Waals surface area contributed by atoms with Gasteiger partial charge in [0.1, 0.15) is 16.8 Å². The van der Waals surface area contributed by atoms with Crippen molar-refractivity contribution in [2.45, 2.75) is 65.5 Å². The summed E-state index contributed by atoms with van der Waals surface area (Å²) < 4.78 is 0. The van der Waals surface area contributed by atoms with Crippen molar-refractivity contribution in [2.24, 2.45) is 0 Å². The molecule has 1 aromatic heterocycles. The van der Waals surface area contributed by atoms with Gasteiger partial charge in [-0.25, -0.2) is 9.97 Å². The van der Waals surface area contributed by atoms with Crippen LogP contribution in [0.2, 0.25) is 5.15 Å². The SMILES string of the molecule is Cc1c(Cl)nc(C2CC2)nc1NCCN(C(C)C)C(C)C. The van der Waals surface area contributed by atoms with Crippen molar-refractivity contribution in [3.05, 3.63) is 16.5 Å². The zero-order valence-electron chi connectivity index (χ0n) is 13.8. The van der Waals surface area contributed by atoms with E-state index in [-0.39, 0.29) is 0 Å². The van der Waals surface area contributed by atoms with Gasteiger partial charge >= 0.3 is 0 Å². The molecule has 4 nitrogen and oxygen atoms in total. The van der Waals surface area contributed by atoms with Gasteiger partial charge in [0, 0.05) is 36.7 Å². The van der Waals surface area contributed by atoms with E-state index in [1.807, 2.05) is 6.92 Å². The average Bonchev–Trinajstić information content (AvgIpc) is 3.22. The first-order valence-corrected chi connectivity index (χ1v) is 8.31. The van der Waals surface area contributed by atoms with Gasteiger partial charge in [-0.2, -0.15) is 0 Å². The third kappa shape index (κ3) is 4.30. The van der Waals surface area contributed by atoms with Crippen molar-refractivity contribution in [1.82, 2.24) is 14.9 Å². The van der Waals surface area contributed by atoms with Crippen LogP contribution in [0.3, 0.4) is 0 Å². The van der Waals surface area contributed by atoms with Gasteiger partial charge in [-0.3, -0.25) is 4.90 Å². The molecule has 0 bridgehead atoms. The second kappa shape index (κ2) is 6.93. The Labute approximate surface area is 133 Å². The number of hydrogen-bond donors (Lipinski definition) is 1. The molecule has 0 amide bonds. The predicted octanol–water partition coefficient (Wildman–Crippen LogP) is 3.85. The fourth-order valence-corrected chi connectivity index (χ4v) is 2.79. The first kappa shape index (κ1) is 16.5. The lowest BCUT2D eigenvalue weighted by Gasteiger charge is -2.30. The second-order valence-corrected chi connectivity index (χ2v) is 6.83. The molecule has 2 rings (SSSR count). The molecule has 1 aromatic rings. The van der Waals surface area contributed by atoms with E-state index in [2.05, 4.69) is 47.9 Å². The van der Waals surface area contributed by atoms with Gasteiger partial charge in [0.2, 0.25) is 0 Å². The summed E-state index contributed by atoms with van der Waals surface area (Å²) in [6.07, 6.45) is 2.38. The molecule has 0 atom stereocenters. The van der Waals surface area contributed by atoms with Crippen LogP contribution in [0.25, 0.3) is 0 Å². The monoisotopic (exact) mass is 310 g/mol. The molecule has 0 spiro atoms. The van der Waals surface area contributed by atoms with E-state index < -0.39 is 0 Å². The van der Waals surface area contributed by atoms with Crippen molar-refractivity contribution in [3.8, 4) is 0 Å². The zero-order valence-corrected chi connectivity index (χ0v) is 14.5. The van der Waals surface area contributed by atoms with Crippen LogP contribution in [-0.4, -0.2) is 40.0 Å². The lowest BCUT2D eigenvalue weighted by molar-refractivity contribution is 0.182. The maximum absolute atomic E-state index is 6.23. The van der Waals surface area contributed by atoms with Crippen LogP contribution in [-0.2, 0) is 0 Å². The molecule has 0 saturated heterocycles. The Kier molecular flexibility index (Phi) is 5.44. The van der Waals surface area contributed by atoms with Gasteiger partial charge in [0.05, 0.1) is 0 Å². The lowest BCUT2D eigenvalue weighted by atomic mass is 10.2. The summed E-state index contributed by atoms with van der Waals surface area (Å²) >= 11 is 6.23. The Hall–Kier alpha value is -0.870. The molecule has 1 saturated carbocycles. The number of nitrogens with zero attached hydrogens (tertiary/aromatic N) is 3. The van der Waals surface area contributed by atoms with Crippen LogP contribution in [0.4, 0.5) is 5.82 Å². The van der Waals surface area contributed by atoms with E-state index in [1.54, 1.807) is 0 Å². The third-order valence-electron chi connectivity index (χ3n) is 4.04. The number of anilines is 1. The fourth-order valence-electron chi connectivity index (χ4n) is 2.62. The summed E-state index contributed by atoms with van der Waals surface area (Å²) in [5.74, 6) is 2.31. The van der Waals surface area contributed by atoms with E-state index in [4.69, 9.17) is 11.6 Å².